The standard InChI is InChI=1S/C15H19FO3/c1-13(2,3)18-12(17)15(5)14(4,19-15)10-8-6-7-9-11(10)16/h6-9H,1-5H3/t14-,15+/m0/s1. The van der Waals surface area contributed by atoms with Gasteiger partial charge in [-0.25, -0.2) is 9.18 Å². The lowest BCUT2D eigenvalue weighted by Gasteiger charge is -2.22. The Morgan fingerprint density at radius 3 is 2.37 bits per heavy atom. The SMILES string of the molecule is CC(C)(C)OC(=O)[C@@]1(C)O[C@@]1(C)c1ccccc1F. The summed E-state index contributed by atoms with van der Waals surface area (Å²) in [5, 5.41) is 0. The first-order chi connectivity index (χ1) is 8.60. The van der Waals surface area contributed by atoms with Crippen molar-refractivity contribution >= 4 is 5.97 Å². The van der Waals surface area contributed by atoms with Gasteiger partial charge < -0.3 is 9.47 Å². The van der Waals surface area contributed by atoms with Crippen molar-refractivity contribution in [3.8, 4) is 0 Å². The highest BCUT2D eigenvalue weighted by Crippen LogP contribution is 2.56. The van der Waals surface area contributed by atoms with Crippen molar-refractivity contribution in [2.45, 2.75) is 51.4 Å². The van der Waals surface area contributed by atoms with Crippen molar-refractivity contribution in [1.29, 1.82) is 0 Å². The molecule has 104 valence electrons. The van der Waals surface area contributed by atoms with Crippen molar-refractivity contribution < 1.29 is 18.7 Å². The van der Waals surface area contributed by atoms with E-state index >= 15 is 0 Å². The maximum atomic E-state index is 13.8. The van der Waals surface area contributed by atoms with E-state index in [0.29, 0.717) is 5.56 Å². The summed E-state index contributed by atoms with van der Waals surface area (Å²) in [5.41, 5.74) is -2.32. The quantitative estimate of drug-likeness (QED) is 0.609. The lowest BCUT2D eigenvalue weighted by Crippen LogP contribution is -2.36. The van der Waals surface area contributed by atoms with E-state index < -0.39 is 22.8 Å². The molecular formula is C15H19FO3. The van der Waals surface area contributed by atoms with Gasteiger partial charge in [0.1, 0.15) is 17.0 Å². The zero-order chi connectivity index (χ0) is 14.5. The number of ether oxygens (including phenoxy) is 2. The number of rotatable bonds is 2. The van der Waals surface area contributed by atoms with Gasteiger partial charge in [0.15, 0.2) is 5.60 Å². The molecule has 2 rings (SSSR count). The van der Waals surface area contributed by atoms with Crippen molar-refractivity contribution in [2.24, 2.45) is 0 Å². The van der Waals surface area contributed by atoms with E-state index in [2.05, 4.69) is 0 Å². The molecule has 1 heterocycles. The van der Waals surface area contributed by atoms with Gasteiger partial charge in [-0.2, -0.15) is 0 Å². The molecule has 0 saturated carbocycles. The summed E-state index contributed by atoms with van der Waals surface area (Å²) < 4.78 is 24.7. The Morgan fingerprint density at radius 1 is 1.26 bits per heavy atom. The summed E-state index contributed by atoms with van der Waals surface area (Å²) in [5.74, 6) is -0.844. The van der Waals surface area contributed by atoms with Crippen molar-refractivity contribution in [1.82, 2.24) is 0 Å². The Labute approximate surface area is 112 Å². The van der Waals surface area contributed by atoms with Gasteiger partial charge in [-0.3, -0.25) is 0 Å². The normalized spacial score (nSPS) is 30.0. The fourth-order valence-electron chi connectivity index (χ4n) is 2.15. The summed E-state index contributed by atoms with van der Waals surface area (Å²) in [4.78, 5) is 12.2. The van der Waals surface area contributed by atoms with Crippen LogP contribution in [0.25, 0.3) is 0 Å². The van der Waals surface area contributed by atoms with Crippen LogP contribution in [0.4, 0.5) is 4.39 Å². The molecule has 3 nitrogen and oxygen atoms in total. The first-order valence-electron chi connectivity index (χ1n) is 6.29. The number of hydrogen-bond donors (Lipinski definition) is 0. The molecule has 0 aromatic heterocycles. The average molecular weight is 266 g/mol. The highest BCUT2D eigenvalue weighted by atomic mass is 19.1. The third-order valence-corrected chi connectivity index (χ3v) is 3.45. The first-order valence-corrected chi connectivity index (χ1v) is 6.29. The second-order valence-corrected chi connectivity index (χ2v) is 6.15. The molecule has 0 amide bonds. The third-order valence-electron chi connectivity index (χ3n) is 3.45. The van der Waals surface area contributed by atoms with Crippen LogP contribution >= 0.6 is 0 Å². The fraction of sp³-hybridized carbons (Fsp3) is 0.533. The molecule has 1 aromatic carbocycles. The number of benzene rings is 1. The Balaban J connectivity index is 2.27. The maximum absolute atomic E-state index is 13.8. The van der Waals surface area contributed by atoms with Crippen molar-refractivity contribution in [3.05, 3.63) is 35.6 Å². The zero-order valence-corrected chi connectivity index (χ0v) is 11.9. The first kappa shape index (κ1) is 14.0. The van der Waals surface area contributed by atoms with Crippen LogP contribution in [-0.2, 0) is 19.9 Å². The van der Waals surface area contributed by atoms with E-state index in [1.807, 2.05) is 0 Å². The van der Waals surface area contributed by atoms with Crippen LogP contribution in [-0.4, -0.2) is 17.2 Å². The average Bonchev–Trinajstić information content (AvgIpc) is 2.82. The van der Waals surface area contributed by atoms with Gasteiger partial charge in [0.25, 0.3) is 0 Å². The summed E-state index contributed by atoms with van der Waals surface area (Å²) >= 11 is 0. The largest absolute Gasteiger partial charge is 0.458 e. The van der Waals surface area contributed by atoms with Crippen LogP contribution < -0.4 is 0 Å². The van der Waals surface area contributed by atoms with Crippen LogP contribution in [0.5, 0.6) is 0 Å². The molecule has 0 bridgehead atoms. The Kier molecular flexibility index (Phi) is 2.97. The predicted molar refractivity (Wildman–Crippen MR) is 69.1 cm³/mol. The monoisotopic (exact) mass is 266 g/mol. The molecule has 19 heavy (non-hydrogen) atoms. The number of carbonyl (C=O) groups excluding carboxylic acids is 1. The van der Waals surface area contributed by atoms with Crippen LogP contribution in [0.1, 0.15) is 40.2 Å². The number of halogens is 1. The van der Waals surface area contributed by atoms with Crippen molar-refractivity contribution in [2.75, 3.05) is 0 Å². The van der Waals surface area contributed by atoms with Crippen molar-refractivity contribution in [3.63, 3.8) is 0 Å². The Hall–Kier alpha value is -1.42. The molecule has 1 aliphatic heterocycles. The fourth-order valence-corrected chi connectivity index (χ4v) is 2.15. The second kappa shape index (κ2) is 4.04. The van der Waals surface area contributed by atoms with E-state index in [1.165, 1.54) is 6.07 Å². The molecular weight excluding hydrogens is 247 g/mol. The van der Waals surface area contributed by atoms with Gasteiger partial charge in [-0.05, 0) is 40.7 Å². The molecule has 1 aliphatic rings. The van der Waals surface area contributed by atoms with Crippen LogP contribution in [0.15, 0.2) is 24.3 Å². The molecule has 1 aromatic rings. The van der Waals surface area contributed by atoms with Crippen LogP contribution in [0.3, 0.4) is 0 Å². The second-order valence-electron chi connectivity index (χ2n) is 6.15. The van der Waals surface area contributed by atoms with Gasteiger partial charge in [0, 0.05) is 5.56 Å². The molecule has 4 heteroatoms. The lowest BCUT2D eigenvalue weighted by atomic mass is 9.88. The molecule has 0 N–H and O–H groups in total. The van der Waals surface area contributed by atoms with E-state index in [-0.39, 0.29) is 5.82 Å². The molecule has 0 radical (unpaired) electrons. The zero-order valence-electron chi connectivity index (χ0n) is 11.9. The van der Waals surface area contributed by atoms with Crippen LogP contribution in [0, 0.1) is 5.82 Å². The van der Waals surface area contributed by atoms with Gasteiger partial charge in [-0.15, -0.1) is 0 Å². The third kappa shape index (κ3) is 2.25. The van der Waals surface area contributed by atoms with Gasteiger partial charge in [0.2, 0.25) is 0 Å². The van der Waals surface area contributed by atoms with Gasteiger partial charge in [-0.1, -0.05) is 18.2 Å². The number of carbonyl (C=O) groups is 1. The highest BCUT2D eigenvalue weighted by molar-refractivity contribution is 5.85. The van der Waals surface area contributed by atoms with E-state index in [9.17, 15) is 9.18 Å². The minimum atomic E-state index is -1.14. The molecule has 0 aliphatic carbocycles. The predicted octanol–water partition coefficient (Wildman–Crippen LogP) is 3.17. The summed E-state index contributed by atoms with van der Waals surface area (Å²) in [6.07, 6.45) is 0. The summed E-state index contributed by atoms with van der Waals surface area (Å²) in [6, 6.07) is 6.32. The van der Waals surface area contributed by atoms with Gasteiger partial charge in [0.05, 0.1) is 0 Å². The van der Waals surface area contributed by atoms with E-state index in [1.54, 1.807) is 52.8 Å². The van der Waals surface area contributed by atoms with Gasteiger partial charge >= 0.3 is 5.97 Å². The minimum Gasteiger partial charge on any atom is -0.458 e. The molecule has 1 saturated heterocycles. The number of epoxide rings is 1. The smallest absolute Gasteiger partial charge is 0.342 e. The Morgan fingerprint density at radius 2 is 1.84 bits per heavy atom. The lowest BCUT2D eigenvalue weighted by molar-refractivity contribution is -0.160. The van der Waals surface area contributed by atoms with Crippen LogP contribution in [0.2, 0.25) is 0 Å². The topological polar surface area (TPSA) is 38.8 Å². The maximum Gasteiger partial charge on any atom is 0.342 e. The Bertz CT molecular complexity index is 520. The number of esters is 1. The molecule has 0 unspecified atom stereocenters. The summed E-state index contributed by atoms with van der Waals surface area (Å²) in [6.45, 7) is 8.70. The minimum absolute atomic E-state index is 0.378. The van der Waals surface area contributed by atoms with E-state index in [0.717, 1.165) is 0 Å². The summed E-state index contributed by atoms with van der Waals surface area (Å²) in [7, 11) is 0. The highest BCUT2D eigenvalue weighted by Gasteiger charge is 2.71. The van der Waals surface area contributed by atoms with E-state index in [4.69, 9.17) is 9.47 Å². The molecule has 0 spiro atoms. The molecule has 2 atom stereocenters. The molecule has 1 fully saturated rings. The number of hydrogen-bond acceptors (Lipinski definition) is 3.